The third kappa shape index (κ3) is 3.65. The van der Waals surface area contributed by atoms with Crippen molar-refractivity contribution in [2.75, 3.05) is 20.1 Å². The first-order valence-electron chi connectivity index (χ1n) is 8.19. The average Bonchev–Trinajstić information content (AvgIpc) is 2.97. The van der Waals surface area contributed by atoms with Crippen molar-refractivity contribution in [2.45, 2.75) is 45.1 Å². The second-order valence-corrected chi connectivity index (χ2v) is 6.16. The molecule has 1 heterocycles. The van der Waals surface area contributed by atoms with Crippen LogP contribution in [0.3, 0.4) is 0 Å². The van der Waals surface area contributed by atoms with Crippen LogP contribution in [0.4, 0.5) is 0 Å². The Morgan fingerprint density at radius 2 is 2.10 bits per heavy atom. The zero-order valence-corrected chi connectivity index (χ0v) is 13.5. The second kappa shape index (κ2) is 7.60. The van der Waals surface area contributed by atoms with Gasteiger partial charge < -0.3 is 10.2 Å². The van der Waals surface area contributed by atoms with E-state index in [0.29, 0.717) is 17.9 Å². The molecule has 3 atom stereocenters. The number of rotatable bonds is 6. The highest BCUT2D eigenvalue weighted by molar-refractivity contribution is 5.84. The van der Waals surface area contributed by atoms with Gasteiger partial charge in [-0.3, -0.25) is 4.79 Å². The largest absolute Gasteiger partial charge is 0.338 e. The molecule has 0 bridgehead atoms. The molecule has 2 rings (SSSR count). The fourth-order valence-electron chi connectivity index (χ4n) is 3.36. The number of likely N-dealkylation sites (tertiary alicyclic amines) is 1. The number of nitrogens with zero attached hydrogens (tertiary/aromatic N) is 1. The van der Waals surface area contributed by atoms with Gasteiger partial charge in [0.1, 0.15) is 0 Å². The lowest BCUT2D eigenvalue weighted by Gasteiger charge is -2.31. The Balaban J connectivity index is 2.22. The predicted octanol–water partition coefficient (Wildman–Crippen LogP) is 3.03. The fourth-order valence-corrected chi connectivity index (χ4v) is 3.36. The van der Waals surface area contributed by atoms with Gasteiger partial charge in [-0.1, -0.05) is 50.6 Å². The van der Waals surface area contributed by atoms with E-state index in [-0.39, 0.29) is 5.92 Å². The van der Waals surface area contributed by atoms with Gasteiger partial charge in [0.2, 0.25) is 5.91 Å². The van der Waals surface area contributed by atoms with Gasteiger partial charge in [0.15, 0.2) is 0 Å². The van der Waals surface area contributed by atoms with E-state index in [0.717, 1.165) is 37.9 Å². The summed E-state index contributed by atoms with van der Waals surface area (Å²) in [4.78, 5) is 15.2. The van der Waals surface area contributed by atoms with Crippen molar-refractivity contribution in [1.82, 2.24) is 10.2 Å². The average molecular weight is 288 g/mol. The molecule has 1 saturated heterocycles. The second-order valence-electron chi connectivity index (χ2n) is 6.16. The quantitative estimate of drug-likeness (QED) is 0.872. The Morgan fingerprint density at radius 1 is 1.38 bits per heavy atom. The number of benzene rings is 1. The van der Waals surface area contributed by atoms with Crippen LogP contribution in [-0.2, 0) is 4.79 Å². The first-order valence-corrected chi connectivity index (χ1v) is 8.19. The molecule has 1 amide bonds. The summed E-state index contributed by atoms with van der Waals surface area (Å²) in [6, 6.07) is 10.6. The summed E-state index contributed by atoms with van der Waals surface area (Å²) >= 11 is 0. The van der Waals surface area contributed by atoms with Crippen LogP contribution in [0.25, 0.3) is 0 Å². The van der Waals surface area contributed by atoms with Crippen LogP contribution in [0, 0.1) is 5.92 Å². The Labute approximate surface area is 128 Å². The van der Waals surface area contributed by atoms with Gasteiger partial charge in [0, 0.05) is 19.1 Å². The molecule has 0 radical (unpaired) electrons. The van der Waals surface area contributed by atoms with Gasteiger partial charge in [-0.25, -0.2) is 0 Å². The Hall–Kier alpha value is -1.35. The van der Waals surface area contributed by atoms with Crippen LogP contribution >= 0.6 is 0 Å². The molecule has 1 aliphatic rings. The number of likely N-dealkylation sites (N-methyl/N-ethyl adjacent to an activating group) is 1. The molecular weight excluding hydrogens is 260 g/mol. The molecule has 1 aliphatic heterocycles. The smallest absolute Gasteiger partial charge is 0.230 e. The maximum absolute atomic E-state index is 13.1. The number of nitrogens with one attached hydrogen (secondary N) is 1. The lowest BCUT2D eigenvalue weighted by molar-refractivity contribution is -0.134. The summed E-state index contributed by atoms with van der Waals surface area (Å²) < 4.78 is 0. The molecule has 116 valence electrons. The van der Waals surface area contributed by atoms with Gasteiger partial charge in [-0.05, 0) is 31.4 Å². The minimum atomic E-state index is -0.00587. The summed E-state index contributed by atoms with van der Waals surface area (Å²) in [5, 5.41) is 3.22. The van der Waals surface area contributed by atoms with Crippen LogP contribution in [-0.4, -0.2) is 37.0 Å². The molecule has 1 aromatic carbocycles. The summed E-state index contributed by atoms with van der Waals surface area (Å²) in [5.41, 5.74) is 1.16. The van der Waals surface area contributed by atoms with E-state index < -0.39 is 0 Å². The standard InChI is InChI=1S/C18H28N2O/c1-4-14(2)17(15-9-6-5-7-10-15)18(21)20-12-8-11-16(20)13-19-3/h5-7,9-10,14,16-17,19H,4,8,11-13H2,1-3H3. The number of carbonyl (C=O) groups is 1. The zero-order valence-electron chi connectivity index (χ0n) is 13.5. The topological polar surface area (TPSA) is 32.3 Å². The first-order chi connectivity index (χ1) is 10.2. The number of hydrogen-bond donors (Lipinski definition) is 1. The Bertz CT molecular complexity index is 446. The summed E-state index contributed by atoms with van der Waals surface area (Å²) in [7, 11) is 1.96. The van der Waals surface area contributed by atoms with Gasteiger partial charge in [-0.15, -0.1) is 0 Å². The Morgan fingerprint density at radius 3 is 2.71 bits per heavy atom. The van der Waals surface area contributed by atoms with Gasteiger partial charge >= 0.3 is 0 Å². The highest BCUT2D eigenvalue weighted by Crippen LogP contribution is 2.31. The fraction of sp³-hybridized carbons (Fsp3) is 0.611. The minimum Gasteiger partial charge on any atom is -0.338 e. The summed E-state index contributed by atoms with van der Waals surface area (Å²) in [6.07, 6.45) is 3.27. The van der Waals surface area contributed by atoms with E-state index >= 15 is 0 Å². The van der Waals surface area contributed by atoms with Crippen LogP contribution in [0.5, 0.6) is 0 Å². The molecule has 3 unspecified atom stereocenters. The molecule has 1 N–H and O–H groups in total. The first kappa shape index (κ1) is 16.0. The van der Waals surface area contributed by atoms with E-state index in [1.165, 1.54) is 0 Å². The van der Waals surface area contributed by atoms with Crippen molar-refractivity contribution < 1.29 is 4.79 Å². The normalized spacial score (nSPS) is 21.3. The summed E-state index contributed by atoms with van der Waals surface area (Å²) in [5.74, 6) is 0.678. The van der Waals surface area contributed by atoms with Gasteiger partial charge in [-0.2, -0.15) is 0 Å². The van der Waals surface area contributed by atoms with Crippen molar-refractivity contribution in [3.05, 3.63) is 35.9 Å². The lowest BCUT2D eigenvalue weighted by atomic mass is 9.84. The minimum absolute atomic E-state index is 0.00587. The number of hydrogen-bond acceptors (Lipinski definition) is 2. The number of carbonyl (C=O) groups excluding carboxylic acids is 1. The van der Waals surface area contributed by atoms with Crippen molar-refractivity contribution in [3.63, 3.8) is 0 Å². The molecule has 0 saturated carbocycles. The van der Waals surface area contributed by atoms with Crippen molar-refractivity contribution in [3.8, 4) is 0 Å². The monoisotopic (exact) mass is 288 g/mol. The number of amides is 1. The van der Waals surface area contributed by atoms with Gasteiger partial charge in [0.25, 0.3) is 0 Å². The lowest BCUT2D eigenvalue weighted by Crippen LogP contribution is -2.44. The van der Waals surface area contributed by atoms with E-state index in [4.69, 9.17) is 0 Å². The third-order valence-electron chi connectivity index (χ3n) is 4.74. The zero-order chi connectivity index (χ0) is 15.2. The Kier molecular flexibility index (Phi) is 5.80. The van der Waals surface area contributed by atoms with E-state index in [9.17, 15) is 4.79 Å². The third-order valence-corrected chi connectivity index (χ3v) is 4.74. The maximum atomic E-state index is 13.1. The van der Waals surface area contributed by atoms with E-state index in [1.54, 1.807) is 0 Å². The van der Waals surface area contributed by atoms with Crippen molar-refractivity contribution in [1.29, 1.82) is 0 Å². The highest BCUT2D eigenvalue weighted by atomic mass is 16.2. The molecule has 1 aromatic rings. The molecule has 3 heteroatoms. The van der Waals surface area contributed by atoms with Crippen molar-refractivity contribution >= 4 is 5.91 Å². The van der Waals surface area contributed by atoms with Crippen molar-refractivity contribution in [2.24, 2.45) is 5.92 Å². The molecule has 21 heavy (non-hydrogen) atoms. The van der Waals surface area contributed by atoms with E-state index in [2.05, 4.69) is 36.2 Å². The molecule has 3 nitrogen and oxygen atoms in total. The van der Waals surface area contributed by atoms with Gasteiger partial charge in [0.05, 0.1) is 5.92 Å². The predicted molar refractivity (Wildman–Crippen MR) is 87.3 cm³/mol. The maximum Gasteiger partial charge on any atom is 0.230 e. The molecule has 0 aliphatic carbocycles. The molecule has 1 fully saturated rings. The summed E-state index contributed by atoms with van der Waals surface area (Å²) in [6.45, 7) is 6.17. The SMILES string of the molecule is CCC(C)C(C(=O)N1CCCC1CNC)c1ccccc1. The highest BCUT2D eigenvalue weighted by Gasteiger charge is 2.35. The van der Waals surface area contributed by atoms with Crippen LogP contribution in [0.2, 0.25) is 0 Å². The van der Waals surface area contributed by atoms with Crippen LogP contribution in [0.15, 0.2) is 30.3 Å². The molecule has 0 aromatic heterocycles. The van der Waals surface area contributed by atoms with E-state index in [1.807, 2.05) is 25.2 Å². The molecule has 0 spiro atoms. The van der Waals surface area contributed by atoms with Crippen LogP contribution < -0.4 is 5.32 Å². The van der Waals surface area contributed by atoms with Crippen LogP contribution in [0.1, 0.15) is 44.6 Å². The molecular formula is C18H28N2O.